The summed E-state index contributed by atoms with van der Waals surface area (Å²) in [4.78, 5) is 16.8. The van der Waals surface area contributed by atoms with Crippen molar-refractivity contribution in [3.63, 3.8) is 0 Å². The number of nitrogens with two attached hydrogens (primary N) is 1. The van der Waals surface area contributed by atoms with Crippen molar-refractivity contribution in [3.05, 3.63) is 0 Å². The molecule has 4 heteroatoms. The van der Waals surface area contributed by atoms with Crippen LogP contribution in [-0.4, -0.2) is 61.4 Å². The summed E-state index contributed by atoms with van der Waals surface area (Å²) >= 11 is 0. The van der Waals surface area contributed by atoms with Gasteiger partial charge in [0.25, 0.3) is 0 Å². The zero-order chi connectivity index (χ0) is 14.5. The van der Waals surface area contributed by atoms with Gasteiger partial charge >= 0.3 is 0 Å². The molecule has 1 aliphatic heterocycles. The molecule has 0 aromatic carbocycles. The average Bonchev–Trinajstić information content (AvgIpc) is 2.42. The van der Waals surface area contributed by atoms with Gasteiger partial charge < -0.3 is 10.6 Å². The van der Waals surface area contributed by atoms with Crippen LogP contribution >= 0.6 is 0 Å². The summed E-state index contributed by atoms with van der Waals surface area (Å²) in [6.45, 7) is 2.82. The number of piperidine rings is 1. The van der Waals surface area contributed by atoms with Crippen LogP contribution in [0.15, 0.2) is 0 Å². The maximum absolute atomic E-state index is 12.2. The minimum absolute atomic E-state index is 0.381. The highest BCUT2D eigenvalue weighted by molar-refractivity contribution is 5.80. The molecule has 116 valence electrons. The molecule has 0 atom stereocenters. The van der Waals surface area contributed by atoms with Crippen molar-refractivity contribution in [1.82, 2.24) is 9.80 Å². The second-order valence-electron chi connectivity index (χ2n) is 6.99. The van der Waals surface area contributed by atoms with E-state index in [4.69, 9.17) is 5.73 Å². The number of carbonyl (C=O) groups excluding carboxylic acids is 1. The van der Waals surface area contributed by atoms with Crippen molar-refractivity contribution in [2.45, 2.75) is 57.0 Å². The predicted octanol–water partition coefficient (Wildman–Crippen LogP) is 1.49. The number of nitrogens with zero attached hydrogens (tertiary/aromatic N) is 2. The largest absolute Gasteiger partial charge is 0.328 e. The molecular weight excluding hydrogens is 250 g/mol. The van der Waals surface area contributed by atoms with E-state index in [9.17, 15) is 4.79 Å². The summed E-state index contributed by atoms with van der Waals surface area (Å²) in [6, 6.07) is 1.08. The van der Waals surface area contributed by atoms with Gasteiger partial charge in [-0.2, -0.15) is 0 Å². The number of rotatable bonds is 5. The molecule has 0 bridgehead atoms. The van der Waals surface area contributed by atoms with E-state index in [1.165, 1.54) is 12.8 Å². The summed E-state index contributed by atoms with van der Waals surface area (Å²) in [5.41, 5.74) is 5.92. The Kier molecular flexibility index (Phi) is 6.00. The molecule has 20 heavy (non-hydrogen) atoms. The molecule has 0 spiro atoms. The molecule has 2 aliphatic rings. The van der Waals surface area contributed by atoms with Crippen molar-refractivity contribution in [2.75, 3.05) is 33.7 Å². The van der Waals surface area contributed by atoms with Crippen molar-refractivity contribution < 1.29 is 4.79 Å². The lowest BCUT2D eigenvalue weighted by molar-refractivity contribution is -0.121. The lowest BCUT2D eigenvalue weighted by Gasteiger charge is -2.35. The molecule has 1 heterocycles. The Morgan fingerprint density at radius 2 is 1.70 bits per heavy atom. The highest BCUT2D eigenvalue weighted by Crippen LogP contribution is 2.26. The molecule has 2 N–H and O–H groups in total. The second-order valence-corrected chi connectivity index (χ2v) is 6.99. The molecule has 2 rings (SSSR count). The Balaban J connectivity index is 1.65. The van der Waals surface area contributed by atoms with Crippen LogP contribution in [0.5, 0.6) is 0 Å². The molecular formula is C16H31N3O. The third kappa shape index (κ3) is 4.83. The quantitative estimate of drug-likeness (QED) is 0.829. The van der Waals surface area contributed by atoms with E-state index in [2.05, 4.69) is 23.9 Å². The third-order valence-corrected chi connectivity index (χ3v) is 5.10. The number of carbonyl (C=O) groups is 1. The molecule has 0 aromatic rings. The van der Waals surface area contributed by atoms with E-state index < -0.39 is 0 Å². The Morgan fingerprint density at radius 3 is 2.25 bits per heavy atom. The Bertz CT molecular complexity index is 303. The Hall–Kier alpha value is -0.450. The normalized spacial score (nSPS) is 29.8. The SMILES string of the molecule is CN(C)C1CCN(CC(=O)CC2CCC(N)CC2)CC1. The fourth-order valence-corrected chi connectivity index (χ4v) is 3.62. The summed E-state index contributed by atoms with van der Waals surface area (Å²) < 4.78 is 0. The average molecular weight is 281 g/mol. The highest BCUT2D eigenvalue weighted by Gasteiger charge is 2.24. The van der Waals surface area contributed by atoms with Crippen LogP contribution in [0.3, 0.4) is 0 Å². The van der Waals surface area contributed by atoms with Crippen LogP contribution < -0.4 is 5.73 Å². The number of ketones is 1. The summed E-state index contributed by atoms with van der Waals surface area (Å²) in [5.74, 6) is 1.04. The topological polar surface area (TPSA) is 49.6 Å². The monoisotopic (exact) mass is 281 g/mol. The lowest BCUT2D eigenvalue weighted by atomic mass is 9.83. The third-order valence-electron chi connectivity index (χ3n) is 5.10. The Morgan fingerprint density at radius 1 is 1.10 bits per heavy atom. The van der Waals surface area contributed by atoms with Gasteiger partial charge in [-0.25, -0.2) is 0 Å². The fraction of sp³-hybridized carbons (Fsp3) is 0.938. The number of hydrogen-bond donors (Lipinski definition) is 1. The molecule has 1 saturated heterocycles. The van der Waals surface area contributed by atoms with Crippen molar-refractivity contribution in [1.29, 1.82) is 0 Å². The minimum Gasteiger partial charge on any atom is -0.328 e. The van der Waals surface area contributed by atoms with Crippen LogP contribution in [0.2, 0.25) is 0 Å². The predicted molar refractivity (Wildman–Crippen MR) is 82.7 cm³/mol. The molecule has 1 saturated carbocycles. The molecule has 0 radical (unpaired) electrons. The van der Waals surface area contributed by atoms with Crippen molar-refractivity contribution in [3.8, 4) is 0 Å². The minimum atomic E-state index is 0.381. The van der Waals surface area contributed by atoms with Crippen LogP contribution in [0.4, 0.5) is 0 Å². The molecule has 0 unspecified atom stereocenters. The molecule has 0 amide bonds. The van der Waals surface area contributed by atoms with Gasteiger partial charge in [0, 0.05) is 31.6 Å². The smallest absolute Gasteiger partial charge is 0.147 e. The maximum atomic E-state index is 12.2. The van der Waals surface area contributed by atoms with Gasteiger partial charge in [-0.3, -0.25) is 9.69 Å². The van der Waals surface area contributed by atoms with E-state index in [1.54, 1.807) is 0 Å². The summed E-state index contributed by atoms with van der Waals surface area (Å²) in [6.07, 6.45) is 7.67. The molecule has 4 nitrogen and oxygen atoms in total. The number of Topliss-reactive ketones (excluding diaryl/α,β-unsaturated/α-hetero) is 1. The molecule has 1 aliphatic carbocycles. The van der Waals surface area contributed by atoms with Crippen molar-refractivity contribution in [2.24, 2.45) is 11.7 Å². The standard InChI is InChI=1S/C16H31N3O/c1-18(2)15-7-9-19(10-8-15)12-16(20)11-13-3-5-14(17)6-4-13/h13-15H,3-12,17H2,1-2H3. The second kappa shape index (κ2) is 7.53. The first-order chi connectivity index (χ1) is 9.54. The van der Waals surface area contributed by atoms with E-state index in [1.807, 2.05) is 0 Å². The van der Waals surface area contributed by atoms with Gasteiger partial charge in [-0.1, -0.05) is 0 Å². The van der Waals surface area contributed by atoms with E-state index in [0.29, 0.717) is 30.3 Å². The van der Waals surface area contributed by atoms with Crippen LogP contribution in [-0.2, 0) is 4.79 Å². The number of hydrogen-bond acceptors (Lipinski definition) is 4. The Labute approximate surface area is 123 Å². The molecule has 0 aromatic heterocycles. The van der Waals surface area contributed by atoms with Gasteiger partial charge in [0.15, 0.2) is 0 Å². The first-order valence-electron chi connectivity index (χ1n) is 8.20. The zero-order valence-corrected chi connectivity index (χ0v) is 13.2. The highest BCUT2D eigenvalue weighted by atomic mass is 16.1. The van der Waals surface area contributed by atoms with Crippen LogP contribution in [0.1, 0.15) is 44.9 Å². The van der Waals surface area contributed by atoms with Crippen molar-refractivity contribution >= 4 is 5.78 Å². The van der Waals surface area contributed by atoms with E-state index >= 15 is 0 Å². The van der Waals surface area contributed by atoms with E-state index in [-0.39, 0.29) is 0 Å². The first-order valence-corrected chi connectivity index (χ1v) is 8.20. The van der Waals surface area contributed by atoms with Gasteiger partial charge in [-0.05, 0) is 58.5 Å². The zero-order valence-electron chi connectivity index (χ0n) is 13.2. The summed E-state index contributed by atoms with van der Waals surface area (Å²) in [5, 5.41) is 0. The number of likely N-dealkylation sites (tertiary alicyclic amines) is 1. The van der Waals surface area contributed by atoms with Gasteiger partial charge in [0.1, 0.15) is 5.78 Å². The molecule has 2 fully saturated rings. The van der Waals surface area contributed by atoms with Crippen LogP contribution in [0.25, 0.3) is 0 Å². The van der Waals surface area contributed by atoms with Gasteiger partial charge in [0.05, 0.1) is 6.54 Å². The van der Waals surface area contributed by atoms with Gasteiger partial charge in [0.2, 0.25) is 0 Å². The van der Waals surface area contributed by atoms with Gasteiger partial charge in [-0.15, -0.1) is 0 Å². The first kappa shape index (κ1) is 15.9. The summed E-state index contributed by atoms with van der Waals surface area (Å²) in [7, 11) is 4.30. The fourth-order valence-electron chi connectivity index (χ4n) is 3.62. The maximum Gasteiger partial charge on any atom is 0.147 e. The lowest BCUT2D eigenvalue weighted by Crippen LogP contribution is -2.43. The van der Waals surface area contributed by atoms with Crippen LogP contribution in [0, 0.1) is 5.92 Å². The van der Waals surface area contributed by atoms with E-state index in [0.717, 1.165) is 45.2 Å².